The van der Waals surface area contributed by atoms with Crippen molar-refractivity contribution >= 4 is 5.97 Å². The Morgan fingerprint density at radius 2 is 1.47 bits per heavy atom. The second-order valence-electron chi connectivity index (χ2n) is 7.48. The molecule has 3 rings (SSSR count). The van der Waals surface area contributed by atoms with E-state index in [0.29, 0.717) is 12.1 Å². The Hall–Kier alpha value is -3.32. The van der Waals surface area contributed by atoms with Crippen LogP contribution in [0.3, 0.4) is 0 Å². The van der Waals surface area contributed by atoms with Crippen molar-refractivity contribution in [3.8, 4) is 5.75 Å². The Bertz CT molecular complexity index is 992. The molecule has 0 unspecified atom stereocenters. The molecule has 0 aliphatic heterocycles. The third-order valence-corrected chi connectivity index (χ3v) is 5.25. The van der Waals surface area contributed by atoms with Crippen LogP contribution in [0.15, 0.2) is 84.9 Å². The highest BCUT2D eigenvalue weighted by Crippen LogP contribution is 2.35. The molecule has 32 heavy (non-hydrogen) atoms. The monoisotopic (exact) mass is 443 g/mol. The number of rotatable bonds is 9. The summed E-state index contributed by atoms with van der Waals surface area (Å²) in [5.41, 5.74) is 2.61. The quantitative estimate of drug-likeness (QED) is 0.418. The van der Waals surface area contributed by atoms with Crippen molar-refractivity contribution in [1.29, 1.82) is 0 Å². The number of carbonyl (C=O) groups is 1. The highest BCUT2D eigenvalue weighted by Gasteiger charge is 2.32. The summed E-state index contributed by atoms with van der Waals surface area (Å²) in [7, 11) is 0. The van der Waals surface area contributed by atoms with E-state index >= 15 is 0 Å². The zero-order valence-corrected chi connectivity index (χ0v) is 17.5. The van der Waals surface area contributed by atoms with E-state index < -0.39 is 18.4 Å². The fourth-order valence-corrected chi connectivity index (χ4v) is 3.72. The molecule has 0 amide bonds. The number of aliphatic carboxylic acids is 1. The van der Waals surface area contributed by atoms with Crippen LogP contribution in [0.5, 0.6) is 5.75 Å². The maximum absolute atomic E-state index is 12.5. The topological polar surface area (TPSA) is 49.8 Å². The Kier molecular flexibility index (Phi) is 7.53. The van der Waals surface area contributed by atoms with E-state index in [0.717, 1.165) is 11.1 Å². The number of benzene rings is 3. The van der Waals surface area contributed by atoms with Crippen LogP contribution in [0.4, 0.5) is 13.2 Å². The molecule has 0 saturated carbocycles. The van der Waals surface area contributed by atoms with Gasteiger partial charge in [0.05, 0.1) is 6.42 Å². The number of halogens is 3. The van der Waals surface area contributed by atoms with E-state index in [1.165, 1.54) is 24.3 Å². The van der Waals surface area contributed by atoms with E-state index in [1.807, 2.05) is 67.6 Å². The van der Waals surface area contributed by atoms with Crippen molar-refractivity contribution in [2.24, 2.45) is 0 Å². The lowest BCUT2D eigenvalue weighted by molar-refractivity contribution is -0.274. The lowest BCUT2D eigenvalue weighted by atomic mass is 9.96. The van der Waals surface area contributed by atoms with Gasteiger partial charge in [0.1, 0.15) is 5.75 Å². The van der Waals surface area contributed by atoms with Crippen LogP contribution >= 0.6 is 0 Å². The van der Waals surface area contributed by atoms with Gasteiger partial charge in [0, 0.05) is 18.6 Å². The van der Waals surface area contributed by atoms with Crippen molar-refractivity contribution < 1.29 is 27.8 Å². The zero-order valence-electron chi connectivity index (χ0n) is 17.5. The van der Waals surface area contributed by atoms with Crippen LogP contribution in [-0.4, -0.2) is 22.3 Å². The minimum Gasteiger partial charge on any atom is -0.481 e. The Balaban J connectivity index is 1.98. The standard InChI is InChI=1S/C25H24F3NO3/c1-18(20-10-6-3-7-11-20)29(17-19-8-4-2-5-9-19)23(16-24(30)31)21-12-14-22(15-13-21)32-25(26,27)28/h2-15,18,23H,16-17H2,1H3,(H,30,31)/t18-,23+/m0/s1. The van der Waals surface area contributed by atoms with E-state index in [2.05, 4.69) is 9.64 Å². The van der Waals surface area contributed by atoms with Gasteiger partial charge in [-0.3, -0.25) is 9.69 Å². The van der Waals surface area contributed by atoms with Crippen molar-refractivity contribution in [2.75, 3.05) is 0 Å². The number of hydrogen-bond acceptors (Lipinski definition) is 3. The molecule has 0 aromatic heterocycles. The summed E-state index contributed by atoms with van der Waals surface area (Å²) in [5, 5.41) is 9.62. The van der Waals surface area contributed by atoms with Gasteiger partial charge in [0.2, 0.25) is 0 Å². The number of hydrogen-bond donors (Lipinski definition) is 1. The summed E-state index contributed by atoms with van der Waals surface area (Å²) < 4.78 is 41.5. The molecule has 7 heteroatoms. The Morgan fingerprint density at radius 3 is 2.00 bits per heavy atom. The van der Waals surface area contributed by atoms with Crippen molar-refractivity contribution in [1.82, 2.24) is 4.90 Å². The highest BCUT2D eigenvalue weighted by molar-refractivity contribution is 5.68. The molecule has 0 heterocycles. The van der Waals surface area contributed by atoms with Crippen LogP contribution in [0.25, 0.3) is 0 Å². The average molecular weight is 443 g/mol. The van der Waals surface area contributed by atoms with Gasteiger partial charge >= 0.3 is 12.3 Å². The van der Waals surface area contributed by atoms with Gasteiger partial charge in [-0.2, -0.15) is 0 Å². The third-order valence-electron chi connectivity index (χ3n) is 5.25. The van der Waals surface area contributed by atoms with E-state index in [4.69, 9.17) is 0 Å². The predicted molar refractivity (Wildman–Crippen MR) is 115 cm³/mol. The molecule has 0 bridgehead atoms. The molecule has 0 aliphatic rings. The van der Waals surface area contributed by atoms with Gasteiger partial charge in [-0.05, 0) is 35.7 Å². The first-order valence-electron chi connectivity index (χ1n) is 10.1. The highest BCUT2D eigenvalue weighted by atomic mass is 19.4. The molecular weight excluding hydrogens is 419 g/mol. The summed E-state index contributed by atoms with van der Waals surface area (Å²) in [4.78, 5) is 13.8. The maximum Gasteiger partial charge on any atom is 0.573 e. The summed E-state index contributed by atoms with van der Waals surface area (Å²) in [5.74, 6) is -1.34. The fourth-order valence-electron chi connectivity index (χ4n) is 3.72. The summed E-state index contributed by atoms with van der Waals surface area (Å²) in [6, 6.07) is 24.0. The Morgan fingerprint density at radius 1 is 0.906 bits per heavy atom. The van der Waals surface area contributed by atoms with Crippen LogP contribution in [0, 0.1) is 0 Å². The molecular formula is C25H24F3NO3. The van der Waals surface area contributed by atoms with Gasteiger partial charge < -0.3 is 9.84 Å². The second kappa shape index (κ2) is 10.3. The van der Waals surface area contributed by atoms with E-state index in [9.17, 15) is 23.1 Å². The first-order chi connectivity index (χ1) is 15.2. The lowest BCUT2D eigenvalue weighted by Gasteiger charge is -2.36. The molecule has 0 radical (unpaired) electrons. The maximum atomic E-state index is 12.5. The van der Waals surface area contributed by atoms with Gasteiger partial charge in [-0.1, -0.05) is 72.8 Å². The minimum absolute atomic E-state index is 0.146. The van der Waals surface area contributed by atoms with Gasteiger partial charge in [0.25, 0.3) is 0 Å². The predicted octanol–water partition coefficient (Wildman–Crippen LogP) is 6.36. The van der Waals surface area contributed by atoms with Crippen molar-refractivity contribution in [3.63, 3.8) is 0 Å². The van der Waals surface area contributed by atoms with Gasteiger partial charge in [-0.25, -0.2) is 0 Å². The molecule has 1 N–H and O–H groups in total. The number of carboxylic acids is 1. The number of carboxylic acid groups (broad SMARTS) is 1. The molecule has 3 aromatic carbocycles. The SMILES string of the molecule is C[C@@H](c1ccccc1)N(Cc1ccccc1)[C@H](CC(=O)O)c1ccc(OC(F)(F)F)cc1. The second-order valence-corrected chi connectivity index (χ2v) is 7.48. The summed E-state index contributed by atoms with van der Waals surface area (Å²) >= 11 is 0. The minimum atomic E-state index is -4.79. The van der Waals surface area contributed by atoms with Crippen LogP contribution in [-0.2, 0) is 11.3 Å². The van der Waals surface area contributed by atoms with E-state index in [1.54, 1.807) is 0 Å². The number of alkyl halides is 3. The fraction of sp³-hybridized carbons (Fsp3) is 0.240. The van der Waals surface area contributed by atoms with E-state index in [-0.39, 0.29) is 18.2 Å². The molecule has 168 valence electrons. The van der Waals surface area contributed by atoms with Crippen molar-refractivity contribution in [2.45, 2.75) is 38.3 Å². The molecule has 3 aromatic rings. The number of ether oxygens (including phenoxy) is 1. The van der Waals surface area contributed by atoms with Crippen LogP contribution in [0.1, 0.15) is 42.1 Å². The lowest BCUT2D eigenvalue weighted by Crippen LogP contribution is -2.32. The average Bonchev–Trinajstić information content (AvgIpc) is 2.76. The largest absolute Gasteiger partial charge is 0.573 e. The zero-order chi connectivity index (χ0) is 23.1. The third kappa shape index (κ3) is 6.59. The van der Waals surface area contributed by atoms with Gasteiger partial charge in [0.15, 0.2) is 0 Å². The van der Waals surface area contributed by atoms with Crippen LogP contribution in [0.2, 0.25) is 0 Å². The molecule has 0 aliphatic carbocycles. The Labute approximate surface area is 184 Å². The van der Waals surface area contributed by atoms with Crippen LogP contribution < -0.4 is 4.74 Å². The smallest absolute Gasteiger partial charge is 0.481 e. The first kappa shape index (κ1) is 23.3. The van der Waals surface area contributed by atoms with Gasteiger partial charge in [-0.15, -0.1) is 13.2 Å². The molecule has 2 atom stereocenters. The summed E-state index contributed by atoms with van der Waals surface area (Å²) in [6.45, 7) is 2.46. The molecule has 0 spiro atoms. The van der Waals surface area contributed by atoms with Crippen molar-refractivity contribution in [3.05, 3.63) is 102 Å². The summed E-state index contributed by atoms with van der Waals surface area (Å²) in [6.07, 6.45) is -4.99. The number of nitrogens with zero attached hydrogens (tertiary/aromatic N) is 1. The molecule has 0 fully saturated rings. The first-order valence-corrected chi connectivity index (χ1v) is 10.1. The molecule has 4 nitrogen and oxygen atoms in total. The normalized spacial score (nSPS) is 13.5. The molecule has 0 saturated heterocycles.